The molecule has 0 bridgehead atoms. The third-order valence-electron chi connectivity index (χ3n) is 1.99. The third-order valence-corrected chi connectivity index (χ3v) is 1.99. The smallest absolute Gasteiger partial charge is 0.119 e. The first-order valence-corrected chi connectivity index (χ1v) is 4.76. The van der Waals surface area contributed by atoms with Crippen LogP contribution < -0.4 is 0 Å². The lowest BCUT2D eigenvalue weighted by Crippen LogP contribution is -1.93. The lowest BCUT2D eigenvalue weighted by atomic mass is 10.1. The molecule has 12 heavy (non-hydrogen) atoms. The molecule has 0 saturated heterocycles. The molecule has 0 N–H and O–H groups in total. The van der Waals surface area contributed by atoms with Gasteiger partial charge in [0.15, 0.2) is 0 Å². The van der Waals surface area contributed by atoms with Crippen molar-refractivity contribution in [3.63, 3.8) is 0 Å². The minimum absolute atomic E-state index is 1.07. The van der Waals surface area contributed by atoms with Crippen LogP contribution in [0, 0.1) is 0 Å². The van der Waals surface area contributed by atoms with Crippen molar-refractivity contribution < 1.29 is 0 Å². The Balaban J connectivity index is 1.96. The minimum Gasteiger partial charge on any atom is -0.320 e. The Morgan fingerprint density at radius 2 is 1.67 bits per heavy atom. The molecular weight excluding hydrogens is 150 g/mol. The van der Waals surface area contributed by atoms with Crippen LogP contribution in [0.5, 0.6) is 0 Å². The quantitative estimate of drug-likeness (QED) is 0.608. The van der Waals surface area contributed by atoms with Crippen molar-refractivity contribution in [3.8, 4) is 0 Å². The average molecular weight is 167 g/mol. The van der Waals surface area contributed by atoms with Crippen LogP contribution in [0.2, 0.25) is 0 Å². The molecule has 1 aromatic rings. The molecule has 68 valence electrons. The molecule has 3 heteroatoms. The summed E-state index contributed by atoms with van der Waals surface area (Å²) in [6.07, 6.45) is 10.2. The summed E-state index contributed by atoms with van der Waals surface area (Å²) >= 11 is 0. The van der Waals surface area contributed by atoms with Crippen LogP contribution in [-0.2, 0) is 6.54 Å². The molecule has 1 rings (SSSR count). The highest BCUT2D eigenvalue weighted by Crippen LogP contribution is 2.03. The molecule has 0 aliphatic rings. The van der Waals surface area contributed by atoms with Crippen LogP contribution in [0.25, 0.3) is 0 Å². The Bertz CT molecular complexity index is 182. The summed E-state index contributed by atoms with van der Waals surface area (Å²) in [5.41, 5.74) is 0. The van der Waals surface area contributed by atoms with Crippen molar-refractivity contribution in [1.29, 1.82) is 0 Å². The van der Waals surface area contributed by atoms with E-state index in [0.717, 1.165) is 6.54 Å². The lowest BCUT2D eigenvalue weighted by molar-refractivity contribution is 0.567. The molecular formula is C9H17N3. The van der Waals surface area contributed by atoms with Gasteiger partial charge in [0.25, 0.3) is 0 Å². The van der Waals surface area contributed by atoms with Gasteiger partial charge < -0.3 is 4.57 Å². The molecule has 0 saturated carbocycles. The molecule has 0 aliphatic carbocycles. The summed E-state index contributed by atoms with van der Waals surface area (Å²) in [4.78, 5) is 0. The fourth-order valence-corrected chi connectivity index (χ4v) is 1.24. The largest absolute Gasteiger partial charge is 0.320 e. The maximum absolute atomic E-state index is 3.75. The fourth-order valence-electron chi connectivity index (χ4n) is 1.24. The predicted octanol–water partition coefficient (Wildman–Crippen LogP) is 2.25. The van der Waals surface area contributed by atoms with E-state index in [1.54, 1.807) is 12.7 Å². The maximum Gasteiger partial charge on any atom is 0.119 e. The van der Waals surface area contributed by atoms with Crippen molar-refractivity contribution in [3.05, 3.63) is 12.7 Å². The average Bonchev–Trinajstić information content (AvgIpc) is 2.57. The van der Waals surface area contributed by atoms with E-state index in [0.29, 0.717) is 0 Å². The molecule has 0 radical (unpaired) electrons. The van der Waals surface area contributed by atoms with E-state index in [2.05, 4.69) is 17.1 Å². The van der Waals surface area contributed by atoms with Crippen LogP contribution >= 0.6 is 0 Å². The first-order valence-electron chi connectivity index (χ1n) is 4.76. The van der Waals surface area contributed by atoms with Crippen LogP contribution in [0.1, 0.15) is 39.0 Å². The fraction of sp³-hybridized carbons (Fsp3) is 0.778. The molecule has 3 nitrogen and oxygen atoms in total. The van der Waals surface area contributed by atoms with Crippen LogP contribution in [0.15, 0.2) is 12.7 Å². The number of nitrogens with zero attached hydrogens (tertiary/aromatic N) is 3. The van der Waals surface area contributed by atoms with E-state index in [9.17, 15) is 0 Å². The van der Waals surface area contributed by atoms with E-state index in [4.69, 9.17) is 0 Å². The second-order valence-electron chi connectivity index (χ2n) is 3.11. The zero-order chi connectivity index (χ0) is 8.65. The van der Waals surface area contributed by atoms with Crippen LogP contribution in [0.4, 0.5) is 0 Å². The number of hydrogen-bond acceptors (Lipinski definition) is 2. The molecule has 0 amide bonds. The number of rotatable bonds is 6. The molecule has 0 atom stereocenters. The van der Waals surface area contributed by atoms with Gasteiger partial charge in [-0.15, -0.1) is 10.2 Å². The van der Waals surface area contributed by atoms with Crippen molar-refractivity contribution >= 4 is 0 Å². The Labute approximate surface area is 73.8 Å². The van der Waals surface area contributed by atoms with Gasteiger partial charge in [0.2, 0.25) is 0 Å². The summed E-state index contributed by atoms with van der Waals surface area (Å²) in [5.74, 6) is 0. The highest BCUT2D eigenvalue weighted by molar-refractivity contribution is 4.59. The SMILES string of the molecule is CCCCCCCn1cnnc1. The lowest BCUT2D eigenvalue weighted by Gasteiger charge is -1.99. The van der Waals surface area contributed by atoms with Gasteiger partial charge in [0.05, 0.1) is 0 Å². The van der Waals surface area contributed by atoms with Crippen LogP contribution in [0.3, 0.4) is 0 Å². The van der Waals surface area contributed by atoms with Crippen molar-refractivity contribution in [2.24, 2.45) is 0 Å². The zero-order valence-electron chi connectivity index (χ0n) is 7.74. The second kappa shape index (κ2) is 5.75. The summed E-state index contributed by atoms with van der Waals surface area (Å²) in [6, 6.07) is 0. The van der Waals surface area contributed by atoms with Gasteiger partial charge in [-0.3, -0.25) is 0 Å². The standard InChI is InChI=1S/C9H17N3/c1-2-3-4-5-6-7-12-8-10-11-9-12/h8-9H,2-7H2,1H3. The third kappa shape index (κ3) is 3.51. The summed E-state index contributed by atoms with van der Waals surface area (Å²) in [6.45, 7) is 3.30. The molecule has 0 aromatic carbocycles. The molecule has 0 unspecified atom stereocenters. The summed E-state index contributed by atoms with van der Waals surface area (Å²) in [5, 5.41) is 7.50. The van der Waals surface area contributed by atoms with Gasteiger partial charge in [-0.25, -0.2) is 0 Å². The molecule has 1 aromatic heterocycles. The van der Waals surface area contributed by atoms with Gasteiger partial charge in [-0.1, -0.05) is 32.6 Å². The van der Waals surface area contributed by atoms with E-state index in [-0.39, 0.29) is 0 Å². The van der Waals surface area contributed by atoms with Gasteiger partial charge in [-0.05, 0) is 6.42 Å². The Morgan fingerprint density at radius 1 is 1.00 bits per heavy atom. The van der Waals surface area contributed by atoms with Gasteiger partial charge in [0, 0.05) is 6.54 Å². The van der Waals surface area contributed by atoms with E-state index in [1.807, 2.05) is 4.57 Å². The first-order chi connectivity index (χ1) is 5.93. The highest BCUT2D eigenvalue weighted by atomic mass is 15.2. The molecule has 0 spiro atoms. The monoisotopic (exact) mass is 167 g/mol. The van der Waals surface area contributed by atoms with Gasteiger partial charge in [-0.2, -0.15) is 0 Å². The number of unbranched alkanes of at least 4 members (excludes halogenated alkanes) is 4. The number of aromatic nitrogens is 3. The maximum atomic E-state index is 3.75. The summed E-state index contributed by atoms with van der Waals surface area (Å²) in [7, 11) is 0. The predicted molar refractivity (Wildman–Crippen MR) is 48.8 cm³/mol. The van der Waals surface area contributed by atoms with Crippen LogP contribution in [-0.4, -0.2) is 14.8 Å². The van der Waals surface area contributed by atoms with Gasteiger partial charge >= 0.3 is 0 Å². The first kappa shape index (κ1) is 9.23. The Kier molecular flexibility index (Phi) is 4.42. The molecule has 0 fully saturated rings. The van der Waals surface area contributed by atoms with E-state index >= 15 is 0 Å². The zero-order valence-corrected chi connectivity index (χ0v) is 7.74. The van der Waals surface area contributed by atoms with Crippen molar-refractivity contribution in [2.45, 2.75) is 45.6 Å². The topological polar surface area (TPSA) is 30.7 Å². The normalized spacial score (nSPS) is 10.4. The van der Waals surface area contributed by atoms with Gasteiger partial charge in [0.1, 0.15) is 12.7 Å². The second-order valence-corrected chi connectivity index (χ2v) is 3.11. The van der Waals surface area contributed by atoms with Crippen molar-refractivity contribution in [1.82, 2.24) is 14.8 Å². The highest BCUT2D eigenvalue weighted by Gasteiger charge is 1.90. The summed E-state index contributed by atoms with van der Waals surface area (Å²) < 4.78 is 2.03. The van der Waals surface area contributed by atoms with Crippen molar-refractivity contribution in [2.75, 3.05) is 0 Å². The number of hydrogen-bond donors (Lipinski definition) is 0. The number of aryl methyl sites for hydroxylation is 1. The Hall–Kier alpha value is -0.860. The molecule has 1 heterocycles. The molecule has 0 aliphatic heterocycles. The minimum atomic E-state index is 1.07. The van der Waals surface area contributed by atoms with E-state index in [1.165, 1.54) is 32.1 Å². The Morgan fingerprint density at radius 3 is 2.33 bits per heavy atom. The van der Waals surface area contributed by atoms with E-state index < -0.39 is 0 Å².